The molecule has 4 nitrogen and oxygen atoms in total. The molecule has 0 aliphatic heterocycles. The summed E-state index contributed by atoms with van der Waals surface area (Å²) in [6, 6.07) is 11.5. The molecule has 0 N–H and O–H groups in total. The molecule has 156 valence electrons. The number of benzene rings is 2. The summed E-state index contributed by atoms with van der Waals surface area (Å²) in [6.45, 7) is 0. The number of ether oxygens (including phenoxy) is 4. The van der Waals surface area contributed by atoms with Crippen molar-refractivity contribution < 1.29 is 18.9 Å². The van der Waals surface area contributed by atoms with Gasteiger partial charge in [0.05, 0.1) is 41.3 Å². The van der Waals surface area contributed by atoms with E-state index in [1.54, 1.807) is 28.4 Å². The molecule has 0 heterocycles. The summed E-state index contributed by atoms with van der Waals surface area (Å²) in [7, 11) is 6.50. The van der Waals surface area contributed by atoms with Crippen LogP contribution in [0.15, 0.2) is 36.4 Å². The molecular formula is C26H28O4. The van der Waals surface area contributed by atoms with E-state index in [0.29, 0.717) is 23.0 Å². The zero-order valence-corrected chi connectivity index (χ0v) is 18.1. The molecule has 0 unspecified atom stereocenters. The average Bonchev–Trinajstić information content (AvgIpc) is 2.79. The first-order valence-corrected chi connectivity index (χ1v) is 9.79. The van der Waals surface area contributed by atoms with Gasteiger partial charge in [-0.05, 0) is 48.2 Å². The van der Waals surface area contributed by atoms with Crippen LogP contribution in [-0.4, -0.2) is 28.4 Å². The Morgan fingerprint density at radius 3 is 1.37 bits per heavy atom. The zero-order valence-electron chi connectivity index (χ0n) is 18.1. The summed E-state index contributed by atoms with van der Waals surface area (Å²) < 4.78 is 21.1. The van der Waals surface area contributed by atoms with Crippen LogP contribution in [0.1, 0.15) is 36.8 Å². The lowest BCUT2D eigenvalue weighted by Crippen LogP contribution is -1.91. The van der Waals surface area contributed by atoms with E-state index in [2.05, 4.69) is 23.7 Å². The minimum atomic E-state index is 0.705. The van der Waals surface area contributed by atoms with Crippen LogP contribution in [0.5, 0.6) is 23.0 Å². The van der Waals surface area contributed by atoms with Gasteiger partial charge < -0.3 is 18.9 Å². The maximum atomic E-state index is 5.30. The fourth-order valence-corrected chi connectivity index (χ4v) is 2.73. The van der Waals surface area contributed by atoms with Crippen molar-refractivity contribution in [2.24, 2.45) is 0 Å². The quantitative estimate of drug-likeness (QED) is 0.431. The highest BCUT2D eigenvalue weighted by atomic mass is 16.5. The lowest BCUT2D eigenvalue weighted by molar-refractivity contribution is 0.355. The predicted octanol–water partition coefficient (Wildman–Crippen LogP) is 5.09. The van der Waals surface area contributed by atoms with Crippen molar-refractivity contribution >= 4 is 0 Å². The Kier molecular flexibility index (Phi) is 10.0. The smallest absolute Gasteiger partial charge is 0.161 e. The maximum Gasteiger partial charge on any atom is 0.161 e. The Balaban J connectivity index is 1.67. The first-order chi connectivity index (χ1) is 14.7. The Hall–Kier alpha value is -3.24. The maximum absolute atomic E-state index is 5.30. The monoisotopic (exact) mass is 404 g/mol. The molecule has 0 aromatic heterocycles. The molecule has 4 heteroatoms. The van der Waals surface area contributed by atoms with E-state index < -0.39 is 0 Å². The summed E-state index contributed by atoms with van der Waals surface area (Å²) in [5, 5.41) is 0. The van der Waals surface area contributed by atoms with Crippen molar-refractivity contribution in [2.45, 2.75) is 25.7 Å². The summed E-state index contributed by atoms with van der Waals surface area (Å²) in [6.07, 6.45) is 7.53. The van der Waals surface area contributed by atoms with E-state index in [-0.39, 0.29) is 0 Å². The van der Waals surface area contributed by atoms with Crippen molar-refractivity contribution in [3.63, 3.8) is 0 Å². The van der Waals surface area contributed by atoms with Gasteiger partial charge in [-0.2, -0.15) is 0 Å². The molecule has 0 spiro atoms. The van der Waals surface area contributed by atoms with Crippen molar-refractivity contribution in [2.75, 3.05) is 28.4 Å². The van der Waals surface area contributed by atoms with Crippen LogP contribution in [0.3, 0.4) is 0 Å². The highest BCUT2D eigenvalue weighted by Crippen LogP contribution is 2.28. The molecule has 2 rings (SSSR count). The molecule has 30 heavy (non-hydrogen) atoms. The molecule has 0 fully saturated rings. The average molecular weight is 405 g/mol. The molecular weight excluding hydrogens is 376 g/mol. The van der Waals surface area contributed by atoms with Crippen molar-refractivity contribution in [3.05, 3.63) is 60.4 Å². The topological polar surface area (TPSA) is 36.9 Å². The number of hydrogen-bond acceptors (Lipinski definition) is 4. The third-order valence-corrected chi connectivity index (χ3v) is 4.35. The summed E-state index contributed by atoms with van der Waals surface area (Å²) in [4.78, 5) is 0. The predicted molar refractivity (Wildman–Crippen MR) is 120 cm³/mol. The third kappa shape index (κ3) is 7.30. The third-order valence-electron chi connectivity index (χ3n) is 4.35. The van der Waals surface area contributed by atoms with Gasteiger partial charge in [0.15, 0.2) is 23.0 Å². The molecule has 0 bridgehead atoms. The van der Waals surface area contributed by atoms with Crippen LogP contribution in [-0.2, 0) is 0 Å². The minimum Gasteiger partial charge on any atom is -0.493 e. The second-order valence-electron chi connectivity index (χ2n) is 6.37. The first-order valence-electron chi connectivity index (χ1n) is 9.79. The van der Waals surface area contributed by atoms with Gasteiger partial charge in [-0.1, -0.05) is 24.0 Å². The van der Waals surface area contributed by atoms with E-state index in [0.717, 1.165) is 36.8 Å². The van der Waals surface area contributed by atoms with E-state index in [9.17, 15) is 0 Å². The normalized spacial score (nSPS) is 9.60. The minimum absolute atomic E-state index is 0.705. The molecule has 0 aliphatic carbocycles. The standard InChI is InChI=1S/C26H28O4/c1-27-23-17-15-21(19-25(23)29-3)13-11-9-7-5-6-8-10-12-14-22-16-18-24(28-2)26(20-22)30-4/h13-20H,5-8H2,1-4H3. The Labute approximate surface area is 180 Å². The van der Waals surface area contributed by atoms with Gasteiger partial charge in [-0.25, -0.2) is 0 Å². The first kappa shape index (κ1) is 23.0. The summed E-state index contributed by atoms with van der Waals surface area (Å²) >= 11 is 0. The van der Waals surface area contributed by atoms with Gasteiger partial charge in [0.25, 0.3) is 0 Å². The van der Waals surface area contributed by atoms with Crippen LogP contribution in [0.4, 0.5) is 0 Å². The van der Waals surface area contributed by atoms with Crippen LogP contribution in [0.2, 0.25) is 0 Å². The SMILES string of the molecule is COc1ccc([CH]C#CCCCCC#C[CH]c2ccc(OC)c(OC)c2)cc1OC. The molecule has 0 atom stereocenters. The van der Waals surface area contributed by atoms with Crippen molar-refractivity contribution in [1.29, 1.82) is 0 Å². The number of methoxy groups -OCH3 is 4. The molecule has 2 aromatic carbocycles. The highest BCUT2D eigenvalue weighted by molar-refractivity contribution is 5.48. The van der Waals surface area contributed by atoms with Crippen LogP contribution < -0.4 is 18.9 Å². The lowest BCUT2D eigenvalue weighted by atomic mass is 10.1. The molecule has 0 saturated heterocycles. The van der Waals surface area contributed by atoms with Crippen LogP contribution in [0, 0.1) is 36.5 Å². The number of rotatable bonds is 9. The van der Waals surface area contributed by atoms with Crippen molar-refractivity contribution in [3.8, 4) is 46.7 Å². The molecule has 0 saturated carbocycles. The van der Waals surface area contributed by atoms with E-state index in [1.165, 1.54) is 0 Å². The summed E-state index contributed by atoms with van der Waals surface area (Å²) in [5.41, 5.74) is 1.99. The van der Waals surface area contributed by atoms with Crippen molar-refractivity contribution in [1.82, 2.24) is 0 Å². The van der Waals surface area contributed by atoms with Gasteiger partial charge in [0.2, 0.25) is 0 Å². The molecule has 2 radical (unpaired) electrons. The molecule has 2 aromatic rings. The largest absolute Gasteiger partial charge is 0.493 e. The fourth-order valence-electron chi connectivity index (χ4n) is 2.73. The number of hydrogen-bond donors (Lipinski definition) is 0. The van der Waals surface area contributed by atoms with E-state index >= 15 is 0 Å². The van der Waals surface area contributed by atoms with Crippen LogP contribution in [0.25, 0.3) is 0 Å². The molecule has 0 aliphatic rings. The van der Waals surface area contributed by atoms with Gasteiger partial charge in [-0.3, -0.25) is 0 Å². The number of unbranched alkanes of at least 4 members (excludes halogenated alkanes) is 3. The van der Waals surface area contributed by atoms with Gasteiger partial charge in [0, 0.05) is 12.8 Å². The van der Waals surface area contributed by atoms with Crippen LogP contribution >= 0.6 is 0 Å². The van der Waals surface area contributed by atoms with Gasteiger partial charge in [-0.15, -0.1) is 11.8 Å². The Morgan fingerprint density at radius 1 is 0.600 bits per heavy atom. The Morgan fingerprint density at radius 2 is 1.00 bits per heavy atom. The van der Waals surface area contributed by atoms with E-state index in [1.807, 2.05) is 49.2 Å². The van der Waals surface area contributed by atoms with Gasteiger partial charge >= 0.3 is 0 Å². The summed E-state index contributed by atoms with van der Waals surface area (Å²) in [5.74, 6) is 15.4. The van der Waals surface area contributed by atoms with E-state index in [4.69, 9.17) is 18.9 Å². The zero-order chi connectivity index (χ0) is 21.6. The Bertz CT molecular complexity index is 848. The molecule has 0 amide bonds. The second kappa shape index (κ2) is 13.1. The van der Waals surface area contributed by atoms with Gasteiger partial charge in [0.1, 0.15) is 0 Å². The fraction of sp³-hybridized carbons (Fsp3) is 0.308. The lowest BCUT2D eigenvalue weighted by Gasteiger charge is -2.07. The second-order valence-corrected chi connectivity index (χ2v) is 6.37. The highest BCUT2D eigenvalue weighted by Gasteiger charge is 2.04.